The normalized spacial score (nSPS) is 17.0. The van der Waals surface area contributed by atoms with Crippen LogP contribution in [0, 0.1) is 0 Å². The SMILES string of the molecule is C/C=C/C=C(/C(=O)O)C(O)C(O)CO. The van der Waals surface area contributed by atoms with E-state index in [0.29, 0.717) is 0 Å². The second kappa shape index (κ2) is 6.31. The molecule has 2 unspecified atom stereocenters. The average Bonchev–Trinajstić information content (AvgIpc) is 2.16. The lowest BCUT2D eigenvalue weighted by molar-refractivity contribution is -0.134. The molecular formula is C9H14O5. The second-order valence-corrected chi connectivity index (χ2v) is 2.65. The average molecular weight is 202 g/mol. The molecule has 0 aromatic rings. The fraction of sp³-hybridized carbons (Fsp3) is 0.444. The first kappa shape index (κ1) is 12.8. The summed E-state index contributed by atoms with van der Waals surface area (Å²) < 4.78 is 0. The Morgan fingerprint density at radius 3 is 2.36 bits per heavy atom. The van der Waals surface area contributed by atoms with E-state index in [1.54, 1.807) is 13.0 Å². The lowest BCUT2D eigenvalue weighted by Gasteiger charge is -2.15. The largest absolute Gasteiger partial charge is 0.478 e. The zero-order chi connectivity index (χ0) is 11.1. The van der Waals surface area contributed by atoms with Gasteiger partial charge in [0, 0.05) is 0 Å². The third-order valence-corrected chi connectivity index (χ3v) is 1.59. The Kier molecular flexibility index (Phi) is 5.78. The molecule has 0 bridgehead atoms. The van der Waals surface area contributed by atoms with E-state index in [2.05, 4.69) is 0 Å². The maximum atomic E-state index is 10.6. The van der Waals surface area contributed by atoms with Gasteiger partial charge in [0.05, 0.1) is 12.2 Å². The molecule has 0 heterocycles. The number of allylic oxidation sites excluding steroid dienone is 3. The Bertz CT molecular complexity index is 244. The monoisotopic (exact) mass is 202 g/mol. The standard InChI is InChI=1S/C9H14O5/c1-2-3-4-6(9(13)14)8(12)7(11)5-10/h2-4,7-8,10-12H,5H2,1H3,(H,13,14)/b3-2+,6-4+. The van der Waals surface area contributed by atoms with Crippen LogP contribution in [0.4, 0.5) is 0 Å². The van der Waals surface area contributed by atoms with Gasteiger partial charge in [-0.15, -0.1) is 0 Å². The molecule has 80 valence electrons. The number of aliphatic hydroxyl groups excluding tert-OH is 3. The van der Waals surface area contributed by atoms with Crippen molar-refractivity contribution in [2.75, 3.05) is 6.61 Å². The Labute approximate surface area is 81.6 Å². The lowest BCUT2D eigenvalue weighted by Crippen LogP contribution is -2.33. The van der Waals surface area contributed by atoms with Crippen LogP contribution in [0.3, 0.4) is 0 Å². The van der Waals surface area contributed by atoms with Crippen molar-refractivity contribution in [1.29, 1.82) is 0 Å². The summed E-state index contributed by atoms with van der Waals surface area (Å²) in [5, 5.41) is 35.5. The lowest BCUT2D eigenvalue weighted by atomic mass is 10.0. The number of aliphatic hydroxyl groups is 3. The summed E-state index contributed by atoms with van der Waals surface area (Å²) >= 11 is 0. The Morgan fingerprint density at radius 1 is 1.43 bits per heavy atom. The van der Waals surface area contributed by atoms with Crippen molar-refractivity contribution in [2.24, 2.45) is 0 Å². The van der Waals surface area contributed by atoms with Crippen molar-refractivity contribution in [3.8, 4) is 0 Å². The third-order valence-electron chi connectivity index (χ3n) is 1.59. The van der Waals surface area contributed by atoms with E-state index in [-0.39, 0.29) is 5.57 Å². The molecule has 5 nitrogen and oxygen atoms in total. The van der Waals surface area contributed by atoms with E-state index in [0.717, 1.165) is 0 Å². The zero-order valence-electron chi connectivity index (χ0n) is 7.79. The topological polar surface area (TPSA) is 98.0 Å². The van der Waals surface area contributed by atoms with Gasteiger partial charge in [-0.3, -0.25) is 0 Å². The summed E-state index contributed by atoms with van der Waals surface area (Å²) in [5.74, 6) is -1.33. The molecule has 0 saturated heterocycles. The molecule has 0 aromatic heterocycles. The maximum absolute atomic E-state index is 10.6. The molecule has 0 saturated carbocycles. The van der Waals surface area contributed by atoms with Crippen molar-refractivity contribution >= 4 is 5.97 Å². The summed E-state index contributed by atoms with van der Waals surface area (Å²) in [7, 11) is 0. The van der Waals surface area contributed by atoms with Gasteiger partial charge in [0.1, 0.15) is 12.2 Å². The van der Waals surface area contributed by atoms with Crippen LogP contribution in [-0.2, 0) is 4.79 Å². The van der Waals surface area contributed by atoms with E-state index in [1.807, 2.05) is 0 Å². The number of carboxylic acids is 1. The van der Waals surface area contributed by atoms with E-state index >= 15 is 0 Å². The number of rotatable bonds is 5. The Morgan fingerprint density at radius 2 is 2.00 bits per heavy atom. The molecular weight excluding hydrogens is 188 g/mol. The van der Waals surface area contributed by atoms with Crippen molar-refractivity contribution in [3.63, 3.8) is 0 Å². The van der Waals surface area contributed by atoms with E-state index in [9.17, 15) is 9.90 Å². The molecule has 2 atom stereocenters. The summed E-state index contributed by atoms with van der Waals surface area (Å²) in [6.45, 7) is 0.993. The fourth-order valence-corrected chi connectivity index (χ4v) is 0.803. The smallest absolute Gasteiger partial charge is 0.334 e. The van der Waals surface area contributed by atoms with E-state index in [1.165, 1.54) is 12.2 Å². The molecule has 0 fully saturated rings. The van der Waals surface area contributed by atoms with Crippen LogP contribution in [0.2, 0.25) is 0 Å². The van der Waals surface area contributed by atoms with Gasteiger partial charge in [-0.1, -0.05) is 12.2 Å². The molecule has 0 spiro atoms. The van der Waals surface area contributed by atoms with Gasteiger partial charge in [-0.2, -0.15) is 0 Å². The Balaban J connectivity index is 4.74. The minimum absolute atomic E-state index is 0.357. The predicted molar refractivity (Wildman–Crippen MR) is 49.6 cm³/mol. The van der Waals surface area contributed by atoms with Gasteiger partial charge in [-0.25, -0.2) is 4.79 Å². The number of hydrogen-bond acceptors (Lipinski definition) is 4. The number of carbonyl (C=O) groups is 1. The van der Waals surface area contributed by atoms with Gasteiger partial charge in [0.2, 0.25) is 0 Å². The second-order valence-electron chi connectivity index (χ2n) is 2.65. The first-order valence-electron chi connectivity index (χ1n) is 4.07. The number of carboxylic acid groups (broad SMARTS) is 1. The molecule has 0 aliphatic rings. The Hall–Kier alpha value is -1.17. The van der Waals surface area contributed by atoms with Crippen molar-refractivity contribution in [1.82, 2.24) is 0 Å². The van der Waals surface area contributed by atoms with Gasteiger partial charge >= 0.3 is 5.97 Å². The third kappa shape index (κ3) is 3.69. The fourth-order valence-electron chi connectivity index (χ4n) is 0.803. The van der Waals surface area contributed by atoms with Crippen LogP contribution in [0.15, 0.2) is 23.8 Å². The first-order chi connectivity index (χ1) is 6.54. The molecule has 0 rings (SSSR count). The van der Waals surface area contributed by atoms with Crippen LogP contribution in [0.1, 0.15) is 6.92 Å². The predicted octanol–water partition coefficient (Wildman–Crippen LogP) is -0.712. The highest BCUT2D eigenvalue weighted by atomic mass is 16.4. The summed E-state index contributed by atoms with van der Waals surface area (Å²) in [6.07, 6.45) is 1.11. The van der Waals surface area contributed by atoms with Crippen LogP contribution >= 0.6 is 0 Å². The molecule has 0 aliphatic carbocycles. The summed E-state index contributed by atoms with van der Waals surface area (Å²) in [5.41, 5.74) is -0.357. The molecule has 0 aliphatic heterocycles. The molecule has 0 radical (unpaired) electrons. The molecule has 0 amide bonds. The number of aliphatic carboxylic acids is 1. The highest BCUT2D eigenvalue weighted by molar-refractivity contribution is 5.88. The maximum Gasteiger partial charge on any atom is 0.334 e. The van der Waals surface area contributed by atoms with Crippen molar-refractivity contribution < 1.29 is 25.2 Å². The minimum atomic E-state index is -1.59. The summed E-state index contributed by atoms with van der Waals surface area (Å²) in [4.78, 5) is 10.6. The molecule has 5 heteroatoms. The van der Waals surface area contributed by atoms with Crippen LogP contribution in [0.25, 0.3) is 0 Å². The molecule has 4 N–H and O–H groups in total. The van der Waals surface area contributed by atoms with E-state index in [4.69, 9.17) is 15.3 Å². The van der Waals surface area contributed by atoms with Gasteiger partial charge < -0.3 is 20.4 Å². The van der Waals surface area contributed by atoms with Crippen LogP contribution < -0.4 is 0 Å². The van der Waals surface area contributed by atoms with Crippen LogP contribution in [0.5, 0.6) is 0 Å². The first-order valence-corrected chi connectivity index (χ1v) is 4.07. The van der Waals surface area contributed by atoms with Crippen molar-refractivity contribution in [2.45, 2.75) is 19.1 Å². The van der Waals surface area contributed by atoms with Gasteiger partial charge in [0.15, 0.2) is 0 Å². The van der Waals surface area contributed by atoms with Gasteiger partial charge in [-0.05, 0) is 13.0 Å². The van der Waals surface area contributed by atoms with Gasteiger partial charge in [0.25, 0.3) is 0 Å². The number of hydrogen-bond donors (Lipinski definition) is 4. The highest BCUT2D eigenvalue weighted by Crippen LogP contribution is 2.07. The van der Waals surface area contributed by atoms with Crippen LogP contribution in [-0.4, -0.2) is 45.2 Å². The quantitative estimate of drug-likeness (QED) is 0.348. The van der Waals surface area contributed by atoms with Crippen molar-refractivity contribution in [3.05, 3.63) is 23.8 Å². The minimum Gasteiger partial charge on any atom is -0.478 e. The van der Waals surface area contributed by atoms with E-state index < -0.39 is 24.8 Å². The molecule has 14 heavy (non-hydrogen) atoms. The highest BCUT2D eigenvalue weighted by Gasteiger charge is 2.24. The summed E-state index contributed by atoms with van der Waals surface area (Å²) in [6, 6.07) is 0. The zero-order valence-corrected chi connectivity index (χ0v) is 7.79. The molecule has 0 aromatic carbocycles.